The van der Waals surface area contributed by atoms with Crippen molar-refractivity contribution < 1.29 is 36.6 Å². The number of nitrogens with zero attached hydrogens (tertiary/aromatic N) is 3. The number of halogens is 5. The van der Waals surface area contributed by atoms with E-state index in [1.165, 1.54) is 18.7 Å². The Labute approximate surface area is 214 Å². The first kappa shape index (κ1) is 28.7. The van der Waals surface area contributed by atoms with E-state index in [1.807, 2.05) is 6.92 Å². The van der Waals surface area contributed by atoms with Gasteiger partial charge in [0.2, 0.25) is 0 Å². The van der Waals surface area contributed by atoms with Crippen LogP contribution in [0.4, 0.5) is 27.8 Å². The van der Waals surface area contributed by atoms with Crippen LogP contribution in [0, 0.1) is 0 Å². The van der Waals surface area contributed by atoms with Crippen LogP contribution >= 0.6 is 11.3 Å². The smallest absolute Gasteiger partial charge is 0.389 e. The molecule has 3 N–H and O–H groups in total. The average Bonchev–Trinajstić information content (AvgIpc) is 3.42. The molecule has 2 amide bonds. The Bertz CT molecular complexity index is 1150. The van der Waals surface area contributed by atoms with Crippen LogP contribution in [-0.4, -0.2) is 68.7 Å². The maximum Gasteiger partial charge on any atom is 0.408 e. The van der Waals surface area contributed by atoms with Crippen molar-refractivity contribution in [3.8, 4) is 10.4 Å². The van der Waals surface area contributed by atoms with Crippen LogP contribution in [-0.2, 0) is 0 Å². The number of pyridine rings is 1. The number of carbonyl (C=O) groups excluding carboxylic acids is 2. The summed E-state index contributed by atoms with van der Waals surface area (Å²) in [7, 11) is 0. The molecule has 0 radical (unpaired) electrons. The van der Waals surface area contributed by atoms with Gasteiger partial charge in [0.05, 0.1) is 10.5 Å². The first-order valence-electron chi connectivity index (χ1n) is 11.5. The number of alkyl halides is 5. The van der Waals surface area contributed by atoms with Crippen molar-refractivity contribution in [2.45, 2.75) is 70.8 Å². The van der Waals surface area contributed by atoms with Crippen LogP contribution < -0.4 is 10.6 Å². The molecular weight excluding hydrogens is 521 g/mol. The molecule has 2 aromatic rings. The number of hydrogen-bond acceptors (Lipinski definition) is 7. The molecule has 3 rings (SSSR count). The molecule has 0 bridgehead atoms. The number of hydrogen-bond donors (Lipinski definition) is 3. The number of aliphatic hydroxyl groups is 1. The van der Waals surface area contributed by atoms with E-state index in [9.17, 15) is 36.6 Å². The molecule has 8 nitrogen and oxygen atoms in total. The van der Waals surface area contributed by atoms with Crippen molar-refractivity contribution in [2.75, 3.05) is 18.4 Å². The van der Waals surface area contributed by atoms with Crippen LogP contribution in [0.1, 0.15) is 72.8 Å². The molecule has 2 aromatic heterocycles. The van der Waals surface area contributed by atoms with E-state index in [0.29, 0.717) is 17.9 Å². The second kappa shape index (κ2) is 10.9. The van der Waals surface area contributed by atoms with Gasteiger partial charge in [0.25, 0.3) is 18.2 Å². The lowest BCUT2D eigenvalue weighted by molar-refractivity contribution is -0.138. The van der Waals surface area contributed by atoms with E-state index in [4.69, 9.17) is 0 Å². The van der Waals surface area contributed by atoms with Crippen LogP contribution in [0.3, 0.4) is 0 Å². The second-order valence-corrected chi connectivity index (χ2v) is 10.5. The molecule has 3 heterocycles. The number of rotatable bonds is 8. The fourth-order valence-corrected chi connectivity index (χ4v) is 4.72. The SMILES string of the molecule is CC1CCCN1C(=O)c1nc(C(=O)NCC(C)(C)O)sc1-c1cnc(NC(C)C(F)(F)F)cc1C(F)F. The Morgan fingerprint density at radius 1 is 1.30 bits per heavy atom. The van der Waals surface area contributed by atoms with Crippen LogP contribution in [0.2, 0.25) is 0 Å². The topological polar surface area (TPSA) is 107 Å². The van der Waals surface area contributed by atoms with Crippen molar-refractivity contribution in [1.29, 1.82) is 0 Å². The quantitative estimate of drug-likeness (QED) is 0.415. The second-order valence-electron chi connectivity index (χ2n) is 9.55. The number of nitrogens with one attached hydrogen (secondary N) is 2. The Kier molecular flexibility index (Phi) is 8.42. The normalized spacial score (nSPS) is 17.3. The fourth-order valence-electron chi connectivity index (χ4n) is 3.71. The summed E-state index contributed by atoms with van der Waals surface area (Å²) in [5, 5.41) is 14.2. The highest BCUT2D eigenvalue weighted by Gasteiger charge is 2.37. The molecule has 2 atom stereocenters. The third-order valence-electron chi connectivity index (χ3n) is 5.79. The molecule has 1 saturated heterocycles. The predicted molar refractivity (Wildman–Crippen MR) is 128 cm³/mol. The molecule has 0 spiro atoms. The molecule has 1 aliphatic rings. The van der Waals surface area contributed by atoms with Crippen molar-refractivity contribution in [3.05, 3.63) is 28.5 Å². The monoisotopic (exact) mass is 549 g/mol. The summed E-state index contributed by atoms with van der Waals surface area (Å²) in [5.74, 6) is -1.69. The molecule has 0 saturated carbocycles. The van der Waals surface area contributed by atoms with Crippen LogP contribution in [0.5, 0.6) is 0 Å². The molecule has 14 heteroatoms. The highest BCUT2D eigenvalue weighted by molar-refractivity contribution is 7.17. The van der Waals surface area contributed by atoms with Crippen molar-refractivity contribution in [3.63, 3.8) is 0 Å². The van der Waals surface area contributed by atoms with Crippen LogP contribution in [0.15, 0.2) is 12.3 Å². The molecule has 0 aromatic carbocycles. The molecular formula is C23H28F5N5O3S. The Balaban J connectivity index is 2.07. The summed E-state index contributed by atoms with van der Waals surface area (Å²) in [5.41, 5.74) is -2.33. The highest BCUT2D eigenvalue weighted by atomic mass is 32.1. The van der Waals surface area contributed by atoms with Crippen LogP contribution in [0.25, 0.3) is 10.4 Å². The molecule has 204 valence electrons. The summed E-state index contributed by atoms with van der Waals surface area (Å²) < 4.78 is 67.0. The highest BCUT2D eigenvalue weighted by Crippen LogP contribution is 2.39. The van der Waals surface area contributed by atoms with Gasteiger partial charge in [0.15, 0.2) is 5.01 Å². The average molecular weight is 550 g/mol. The summed E-state index contributed by atoms with van der Waals surface area (Å²) >= 11 is 0.689. The Hall–Kier alpha value is -2.87. The molecule has 1 fully saturated rings. The van der Waals surface area contributed by atoms with Gasteiger partial charge in [-0.15, -0.1) is 11.3 Å². The van der Waals surface area contributed by atoms with E-state index in [1.54, 1.807) is 0 Å². The summed E-state index contributed by atoms with van der Waals surface area (Å²) in [6, 6.07) is -1.37. The lowest BCUT2D eigenvalue weighted by Gasteiger charge is -2.21. The molecule has 37 heavy (non-hydrogen) atoms. The zero-order valence-corrected chi connectivity index (χ0v) is 21.4. The number of thiazole rings is 1. The number of aromatic nitrogens is 2. The lowest BCUT2D eigenvalue weighted by Crippen LogP contribution is -2.38. The van der Waals surface area contributed by atoms with Gasteiger partial charge in [-0.1, -0.05) is 0 Å². The van der Waals surface area contributed by atoms with Gasteiger partial charge in [0, 0.05) is 36.5 Å². The number of likely N-dealkylation sites (tertiary alicyclic amines) is 1. The van der Waals surface area contributed by atoms with Gasteiger partial charge in [-0.3, -0.25) is 9.59 Å². The minimum Gasteiger partial charge on any atom is -0.389 e. The first-order valence-corrected chi connectivity index (χ1v) is 12.3. The number of anilines is 1. The minimum absolute atomic E-state index is 0.0456. The first-order chi connectivity index (χ1) is 17.1. The fraction of sp³-hybridized carbons (Fsp3) is 0.565. The van der Waals surface area contributed by atoms with Gasteiger partial charge in [-0.2, -0.15) is 13.2 Å². The standard InChI is InChI=1S/C23H28F5N5O3S/c1-11-6-5-7-33(11)21(35)16-17(37-20(32-16)19(34)30-10-22(3,4)36)14-9-29-15(8-13(14)18(24)25)31-12(2)23(26,27)28/h8-9,11-12,18,36H,5-7,10H2,1-4H3,(H,29,31)(H,30,34). The summed E-state index contributed by atoms with van der Waals surface area (Å²) in [4.78, 5) is 35.6. The molecule has 0 aliphatic carbocycles. The summed E-state index contributed by atoms with van der Waals surface area (Å²) in [6.07, 6.45) is -5.31. The number of carbonyl (C=O) groups is 2. The van der Waals surface area contributed by atoms with E-state index in [2.05, 4.69) is 20.6 Å². The Morgan fingerprint density at radius 2 is 1.97 bits per heavy atom. The zero-order chi connectivity index (χ0) is 27.7. The third kappa shape index (κ3) is 6.92. The minimum atomic E-state index is -4.62. The van der Waals surface area contributed by atoms with Gasteiger partial charge in [0.1, 0.15) is 17.6 Å². The van der Waals surface area contributed by atoms with E-state index in [0.717, 1.165) is 32.0 Å². The van der Waals surface area contributed by atoms with Crippen molar-refractivity contribution in [2.24, 2.45) is 0 Å². The zero-order valence-electron chi connectivity index (χ0n) is 20.6. The van der Waals surface area contributed by atoms with E-state index >= 15 is 0 Å². The molecule has 2 unspecified atom stereocenters. The Morgan fingerprint density at radius 3 is 2.51 bits per heavy atom. The molecule has 1 aliphatic heterocycles. The number of amides is 2. The van der Waals surface area contributed by atoms with Crippen molar-refractivity contribution in [1.82, 2.24) is 20.2 Å². The summed E-state index contributed by atoms with van der Waals surface area (Å²) in [6.45, 7) is 5.90. The van der Waals surface area contributed by atoms with E-state index in [-0.39, 0.29) is 33.7 Å². The van der Waals surface area contributed by atoms with Gasteiger partial charge >= 0.3 is 6.18 Å². The van der Waals surface area contributed by atoms with Gasteiger partial charge < -0.3 is 20.6 Å². The maximum absolute atomic E-state index is 14.1. The largest absolute Gasteiger partial charge is 0.408 e. The van der Waals surface area contributed by atoms with Gasteiger partial charge in [-0.05, 0) is 46.6 Å². The van der Waals surface area contributed by atoms with Gasteiger partial charge in [-0.25, -0.2) is 18.7 Å². The predicted octanol–water partition coefficient (Wildman–Crippen LogP) is 4.63. The van der Waals surface area contributed by atoms with Crippen molar-refractivity contribution >= 4 is 29.0 Å². The third-order valence-corrected chi connectivity index (χ3v) is 6.88. The van der Waals surface area contributed by atoms with E-state index < -0.39 is 47.4 Å². The lowest BCUT2D eigenvalue weighted by atomic mass is 10.1. The maximum atomic E-state index is 14.1.